The molecule has 2 N–H and O–H groups in total. The summed E-state index contributed by atoms with van der Waals surface area (Å²) in [5, 5.41) is 15.6. The van der Waals surface area contributed by atoms with E-state index in [0.29, 0.717) is 0 Å². The molecule has 0 saturated carbocycles. The van der Waals surface area contributed by atoms with Crippen molar-refractivity contribution in [3.63, 3.8) is 0 Å². The number of non-ortho nitro benzene ring substituents is 1. The molecule has 0 unspecified atom stereocenters. The minimum absolute atomic E-state index is 0.100. The van der Waals surface area contributed by atoms with Crippen molar-refractivity contribution in [1.82, 2.24) is 5.32 Å². The number of carbonyl (C=O) groups is 2. The predicted octanol–water partition coefficient (Wildman–Crippen LogP) is 4.94. The van der Waals surface area contributed by atoms with Crippen LogP contribution in [0.4, 0.5) is 20.2 Å². The zero-order valence-corrected chi connectivity index (χ0v) is 16.9. The number of hydrogen-bond donors (Lipinski definition) is 2. The molecule has 162 valence electrons. The van der Waals surface area contributed by atoms with Gasteiger partial charge >= 0.3 is 0 Å². The van der Waals surface area contributed by atoms with Gasteiger partial charge in [0.25, 0.3) is 17.5 Å². The Bertz CT molecular complexity index is 1250. The molecule has 0 radical (unpaired) electrons. The van der Waals surface area contributed by atoms with Gasteiger partial charge in [0.05, 0.1) is 15.5 Å². The van der Waals surface area contributed by atoms with Crippen LogP contribution in [0.3, 0.4) is 0 Å². The Hall–Kier alpha value is -4.11. The lowest BCUT2D eigenvalue weighted by Crippen LogP contribution is -2.31. The number of halogens is 3. The first-order valence-electron chi connectivity index (χ1n) is 9.02. The second-order valence-electron chi connectivity index (χ2n) is 6.45. The molecule has 0 atom stereocenters. The number of nitro groups is 1. The van der Waals surface area contributed by atoms with Gasteiger partial charge in [-0.1, -0.05) is 29.8 Å². The van der Waals surface area contributed by atoms with Crippen LogP contribution in [0.1, 0.15) is 15.9 Å². The Morgan fingerprint density at radius 1 is 0.969 bits per heavy atom. The van der Waals surface area contributed by atoms with Crippen molar-refractivity contribution in [2.45, 2.75) is 0 Å². The minimum atomic E-state index is -0.825. The SMILES string of the molecule is O=C(Nc1cccc(F)c1)/C(=C/c1cccc([N+](=O)[O-])c1)NC(=O)c1ccc(F)cc1Cl. The van der Waals surface area contributed by atoms with Crippen LogP contribution in [0.15, 0.2) is 72.4 Å². The fourth-order valence-corrected chi connectivity index (χ4v) is 2.93. The number of amides is 2. The van der Waals surface area contributed by atoms with Crippen LogP contribution in [0, 0.1) is 21.7 Å². The smallest absolute Gasteiger partial charge is 0.272 e. The molecule has 2 amide bonds. The highest BCUT2D eigenvalue weighted by atomic mass is 35.5. The van der Waals surface area contributed by atoms with Gasteiger partial charge in [0.15, 0.2) is 0 Å². The van der Waals surface area contributed by atoms with E-state index in [2.05, 4.69) is 10.6 Å². The summed E-state index contributed by atoms with van der Waals surface area (Å²) in [4.78, 5) is 35.9. The third-order valence-electron chi connectivity index (χ3n) is 4.14. The van der Waals surface area contributed by atoms with E-state index >= 15 is 0 Å². The van der Waals surface area contributed by atoms with Gasteiger partial charge in [0, 0.05) is 17.8 Å². The molecule has 0 aromatic heterocycles. The summed E-state index contributed by atoms with van der Waals surface area (Å²) in [5.74, 6) is -2.88. The lowest BCUT2D eigenvalue weighted by atomic mass is 10.1. The van der Waals surface area contributed by atoms with E-state index in [0.717, 1.165) is 24.3 Å². The Balaban J connectivity index is 1.96. The quantitative estimate of drug-likeness (QED) is 0.311. The van der Waals surface area contributed by atoms with Gasteiger partial charge in [-0.3, -0.25) is 19.7 Å². The third-order valence-corrected chi connectivity index (χ3v) is 4.46. The van der Waals surface area contributed by atoms with E-state index < -0.39 is 28.4 Å². The van der Waals surface area contributed by atoms with Crippen LogP contribution in [0.5, 0.6) is 0 Å². The van der Waals surface area contributed by atoms with Gasteiger partial charge in [-0.2, -0.15) is 0 Å². The number of rotatable bonds is 6. The summed E-state index contributed by atoms with van der Waals surface area (Å²) in [6.07, 6.45) is 1.21. The first-order valence-corrected chi connectivity index (χ1v) is 9.40. The zero-order valence-electron chi connectivity index (χ0n) is 16.1. The zero-order chi connectivity index (χ0) is 23.3. The van der Waals surface area contributed by atoms with E-state index in [1.807, 2.05) is 0 Å². The molecular weight excluding hydrogens is 444 g/mol. The van der Waals surface area contributed by atoms with Crippen molar-refractivity contribution >= 4 is 40.9 Å². The van der Waals surface area contributed by atoms with E-state index in [-0.39, 0.29) is 33.2 Å². The van der Waals surface area contributed by atoms with Crippen LogP contribution in [-0.2, 0) is 4.79 Å². The standard InChI is InChI=1S/C22H14ClF2N3O4/c23-19-12-15(25)7-8-18(19)21(29)27-20(10-13-3-1-6-17(9-13)28(31)32)22(30)26-16-5-2-4-14(24)11-16/h1-12H,(H,26,30)(H,27,29)/b20-10-. The van der Waals surface area contributed by atoms with Crippen LogP contribution >= 0.6 is 11.6 Å². The molecule has 0 bridgehead atoms. The average molecular weight is 458 g/mol. The summed E-state index contributed by atoms with van der Waals surface area (Å²) >= 11 is 5.91. The average Bonchev–Trinajstić information content (AvgIpc) is 2.73. The van der Waals surface area contributed by atoms with E-state index in [1.54, 1.807) is 0 Å². The highest BCUT2D eigenvalue weighted by Crippen LogP contribution is 2.19. The summed E-state index contributed by atoms with van der Waals surface area (Å²) in [6, 6.07) is 13.5. The second kappa shape index (κ2) is 9.80. The minimum Gasteiger partial charge on any atom is -0.321 e. The van der Waals surface area contributed by atoms with Crippen molar-refractivity contribution < 1.29 is 23.3 Å². The summed E-state index contributed by atoms with van der Waals surface area (Å²) in [7, 11) is 0. The number of benzene rings is 3. The van der Waals surface area contributed by atoms with Gasteiger partial charge in [-0.05, 0) is 48.0 Å². The molecule has 32 heavy (non-hydrogen) atoms. The lowest BCUT2D eigenvalue weighted by Gasteiger charge is -2.12. The molecule has 7 nitrogen and oxygen atoms in total. The molecule has 0 saturated heterocycles. The maximum absolute atomic E-state index is 13.4. The molecule has 0 heterocycles. The predicted molar refractivity (Wildman–Crippen MR) is 115 cm³/mol. The van der Waals surface area contributed by atoms with Crippen LogP contribution < -0.4 is 10.6 Å². The van der Waals surface area contributed by atoms with Crippen molar-refractivity contribution in [2.24, 2.45) is 0 Å². The lowest BCUT2D eigenvalue weighted by molar-refractivity contribution is -0.384. The summed E-state index contributed by atoms with van der Waals surface area (Å²) in [5.41, 5.74) is -0.267. The number of hydrogen-bond acceptors (Lipinski definition) is 4. The van der Waals surface area contributed by atoms with Crippen LogP contribution in [0.2, 0.25) is 5.02 Å². The maximum Gasteiger partial charge on any atom is 0.272 e. The Morgan fingerprint density at radius 2 is 1.69 bits per heavy atom. The number of nitrogens with one attached hydrogen (secondary N) is 2. The topological polar surface area (TPSA) is 101 Å². The second-order valence-corrected chi connectivity index (χ2v) is 6.86. The molecule has 0 spiro atoms. The van der Waals surface area contributed by atoms with Crippen LogP contribution in [0.25, 0.3) is 6.08 Å². The number of anilines is 1. The van der Waals surface area contributed by atoms with Crippen molar-refractivity contribution in [3.05, 3.63) is 110 Å². The van der Waals surface area contributed by atoms with Crippen LogP contribution in [-0.4, -0.2) is 16.7 Å². The number of nitrogens with zero attached hydrogens (tertiary/aromatic N) is 1. The summed E-state index contributed by atoms with van der Waals surface area (Å²) in [6.45, 7) is 0. The van der Waals surface area contributed by atoms with Crippen molar-refractivity contribution in [2.75, 3.05) is 5.32 Å². The largest absolute Gasteiger partial charge is 0.321 e. The van der Waals surface area contributed by atoms with Crippen molar-refractivity contribution in [1.29, 1.82) is 0 Å². The van der Waals surface area contributed by atoms with Gasteiger partial charge in [0.2, 0.25) is 0 Å². The number of nitro benzene ring substituents is 1. The first kappa shape index (κ1) is 22.6. The monoisotopic (exact) mass is 457 g/mol. The Morgan fingerprint density at radius 3 is 2.38 bits per heavy atom. The van der Waals surface area contributed by atoms with Gasteiger partial charge in [-0.25, -0.2) is 8.78 Å². The molecule has 10 heteroatoms. The molecule has 0 fully saturated rings. The molecule has 0 aliphatic rings. The highest BCUT2D eigenvalue weighted by molar-refractivity contribution is 6.34. The fourth-order valence-electron chi connectivity index (χ4n) is 2.68. The van der Waals surface area contributed by atoms with Crippen molar-refractivity contribution in [3.8, 4) is 0 Å². The molecule has 3 aromatic rings. The summed E-state index contributed by atoms with van der Waals surface area (Å²) < 4.78 is 26.7. The number of carbonyl (C=O) groups excluding carboxylic acids is 2. The highest BCUT2D eigenvalue weighted by Gasteiger charge is 2.18. The van der Waals surface area contributed by atoms with Gasteiger partial charge < -0.3 is 10.6 Å². The van der Waals surface area contributed by atoms with E-state index in [1.165, 1.54) is 48.5 Å². The van der Waals surface area contributed by atoms with Gasteiger partial charge in [-0.15, -0.1) is 0 Å². The molecule has 3 rings (SSSR count). The first-order chi connectivity index (χ1) is 15.2. The van der Waals surface area contributed by atoms with E-state index in [4.69, 9.17) is 11.6 Å². The maximum atomic E-state index is 13.4. The normalized spacial score (nSPS) is 11.0. The molecule has 0 aliphatic carbocycles. The molecule has 3 aromatic carbocycles. The van der Waals surface area contributed by atoms with Gasteiger partial charge in [0.1, 0.15) is 17.3 Å². The molecule has 0 aliphatic heterocycles. The Labute approximate surface area is 185 Å². The Kier molecular flexibility index (Phi) is 6.91. The molecular formula is C22H14ClF2N3O4. The van der Waals surface area contributed by atoms with E-state index in [9.17, 15) is 28.5 Å². The fraction of sp³-hybridized carbons (Fsp3) is 0. The third kappa shape index (κ3) is 5.73.